The molecular weight excluding hydrogens is 312 g/mol. The topological polar surface area (TPSA) is 72.4 Å². The van der Waals surface area contributed by atoms with Gasteiger partial charge in [0.25, 0.3) is 0 Å². The van der Waals surface area contributed by atoms with Gasteiger partial charge in [0.05, 0.1) is 0 Å². The van der Waals surface area contributed by atoms with Crippen molar-refractivity contribution in [1.29, 1.82) is 0 Å². The summed E-state index contributed by atoms with van der Waals surface area (Å²) in [5.41, 5.74) is 0.00768. The fraction of sp³-hybridized carbons (Fsp3) is 0.583. The lowest BCUT2D eigenvalue weighted by Crippen LogP contribution is -2.11. The van der Waals surface area contributed by atoms with Gasteiger partial charge in [0.2, 0.25) is 5.78 Å². The maximum atomic E-state index is 11.0. The van der Waals surface area contributed by atoms with Gasteiger partial charge in [-0.1, -0.05) is 19.3 Å². The summed E-state index contributed by atoms with van der Waals surface area (Å²) in [5, 5.41) is 13.6. The number of imidazole rings is 1. The number of aromatic carboxylic acids is 1. The molecule has 0 unspecified atom stereocenters. The number of carboxylic acids is 1. The number of hydrogen-bond acceptors (Lipinski definition) is 3. The molecule has 1 aliphatic rings. The normalized spacial score (nSPS) is 17.2. The van der Waals surface area contributed by atoms with Crippen molar-refractivity contribution in [3.05, 3.63) is 16.1 Å². The molecule has 2 heterocycles. The summed E-state index contributed by atoms with van der Waals surface area (Å²) in [6.45, 7) is 0. The van der Waals surface area contributed by atoms with Crippen LogP contribution >= 0.6 is 15.9 Å². The Balaban J connectivity index is 2.08. The van der Waals surface area contributed by atoms with Crippen LogP contribution in [-0.2, 0) is 7.05 Å². The maximum Gasteiger partial charge on any atom is 0.357 e. The summed E-state index contributed by atoms with van der Waals surface area (Å²) >= 11 is 3.27. The zero-order valence-electron chi connectivity index (χ0n) is 10.6. The second kappa shape index (κ2) is 4.63. The van der Waals surface area contributed by atoms with E-state index in [1.165, 1.54) is 19.3 Å². The monoisotopic (exact) mass is 326 g/mol. The molecular formula is C12H15BrN4O2. The van der Waals surface area contributed by atoms with Gasteiger partial charge in [0, 0.05) is 13.0 Å². The fourth-order valence-corrected chi connectivity index (χ4v) is 3.31. The van der Waals surface area contributed by atoms with E-state index in [0.29, 0.717) is 16.3 Å². The molecule has 2 aromatic heterocycles. The van der Waals surface area contributed by atoms with Crippen molar-refractivity contribution >= 4 is 27.7 Å². The van der Waals surface area contributed by atoms with E-state index < -0.39 is 5.97 Å². The molecule has 3 rings (SSSR count). The van der Waals surface area contributed by atoms with Crippen molar-refractivity contribution in [2.45, 2.75) is 38.0 Å². The Labute approximate surface area is 118 Å². The van der Waals surface area contributed by atoms with E-state index in [1.54, 1.807) is 4.52 Å². The molecule has 7 heteroatoms. The molecule has 0 saturated heterocycles. The second-order valence-corrected chi connectivity index (χ2v) is 5.77. The summed E-state index contributed by atoms with van der Waals surface area (Å²) in [5.74, 6) is 0.988. The molecule has 0 spiro atoms. The van der Waals surface area contributed by atoms with E-state index in [2.05, 4.69) is 26.0 Å². The summed E-state index contributed by atoms with van der Waals surface area (Å²) in [4.78, 5) is 15.2. The van der Waals surface area contributed by atoms with Crippen LogP contribution in [0.15, 0.2) is 4.60 Å². The van der Waals surface area contributed by atoms with Crippen LogP contribution in [0.2, 0.25) is 0 Å². The van der Waals surface area contributed by atoms with Crippen molar-refractivity contribution in [1.82, 2.24) is 19.2 Å². The van der Waals surface area contributed by atoms with Gasteiger partial charge in [-0.05, 0) is 28.8 Å². The highest BCUT2D eigenvalue weighted by atomic mass is 79.9. The molecule has 1 fully saturated rings. The Morgan fingerprint density at radius 2 is 2.05 bits per heavy atom. The van der Waals surface area contributed by atoms with E-state index in [9.17, 15) is 4.79 Å². The molecule has 2 aromatic rings. The standard InChI is InChI=1S/C12H15BrN4O2/c1-16-10(7-5-3-2-4-6-7)15-17-9(13)8(11(18)19)14-12(16)17/h7H,2-6H2,1H3,(H,18,19). The van der Waals surface area contributed by atoms with E-state index in [-0.39, 0.29) is 5.69 Å². The van der Waals surface area contributed by atoms with Gasteiger partial charge in [-0.25, -0.2) is 9.78 Å². The van der Waals surface area contributed by atoms with Gasteiger partial charge in [0.15, 0.2) is 5.69 Å². The number of hydrogen-bond donors (Lipinski definition) is 1. The molecule has 1 N–H and O–H groups in total. The molecule has 1 aliphatic carbocycles. The highest BCUT2D eigenvalue weighted by Gasteiger charge is 2.25. The molecule has 0 radical (unpaired) electrons. The lowest BCUT2D eigenvalue weighted by atomic mass is 9.89. The molecule has 1 saturated carbocycles. The lowest BCUT2D eigenvalue weighted by molar-refractivity contribution is 0.0690. The predicted molar refractivity (Wildman–Crippen MR) is 72.4 cm³/mol. The molecule has 0 bridgehead atoms. The van der Waals surface area contributed by atoms with Gasteiger partial charge in [-0.2, -0.15) is 9.61 Å². The number of aryl methyl sites for hydroxylation is 1. The molecule has 0 aromatic carbocycles. The zero-order chi connectivity index (χ0) is 13.6. The smallest absolute Gasteiger partial charge is 0.357 e. The van der Waals surface area contributed by atoms with Crippen LogP contribution in [0.3, 0.4) is 0 Å². The van der Waals surface area contributed by atoms with Crippen LogP contribution in [0, 0.1) is 0 Å². The van der Waals surface area contributed by atoms with Crippen molar-refractivity contribution in [2.24, 2.45) is 7.05 Å². The third kappa shape index (κ3) is 1.96. The average molecular weight is 327 g/mol. The first-order chi connectivity index (χ1) is 9.09. The third-order valence-corrected chi connectivity index (χ3v) is 4.51. The Morgan fingerprint density at radius 1 is 1.37 bits per heavy atom. The molecule has 102 valence electrons. The number of rotatable bonds is 2. The highest BCUT2D eigenvalue weighted by molar-refractivity contribution is 9.10. The van der Waals surface area contributed by atoms with Gasteiger partial charge in [0.1, 0.15) is 10.4 Å². The molecule has 0 aliphatic heterocycles. The minimum atomic E-state index is -1.04. The number of carboxylic acid groups (broad SMARTS) is 1. The van der Waals surface area contributed by atoms with Crippen LogP contribution in [0.4, 0.5) is 0 Å². The van der Waals surface area contributed by atoms with Crippen molar-refractivity contribution in [3.63, 3.8) is 0 Å². The van der Waals surface area contributed by atoms with Gasteiger partial charge in [-0.3, -0.25) is 4.57 Å². The van der Waals surface area contributed by atoms with Crippen LogP contribution in [0.5, 0.6) is 0 Å². The number of nitrogens with zero attached hydrogens (tertiary/aromatic N) is 4. The van der Waals surface area contributed by atoms with Crippen LogP contribution < -0.4 is 0 Å². The summed E-state index contributed by atoms with van der Waals surface area (Å²) in [6, 6.07) is 0. The average Bonchev–Trinajstić information content (AvgIpc) is 2.90. The van der Waals surface area contributed by atoms with Crippen LogP contribution in [0.1, 0.15) is 54.3 Å². The largest absolute Gasteiger partial charge is 0.476 e. The zero-order valence-corrected chi connectivity index (χ0v) is 12.2. The minimum Gasteiger partial charge on any atom is -0.476 e. The van der Waals surface area contributed by atoms with Gasteiger partial charge < -0.3 is 5.11 Å². The SMILES string of the molecule is Cn1c(C2CCCCC2)nn2c(Br)c(C(=O)O)nc12. The summed E-state index contributed by atoms with van der Waals surface area (Å²) < 4.78 is 3.90. The number of aromatic nitrogens is 4. The quantitative estimate of drug-likeness (QED) is 0.920. The number of fused-ring (bicyclic) bond motifs is 1. The van der Waals surface area contributed by atoms with Crippen LogP contribution in [0.25, 0.3) is 5.78 Å². The predicted octanol–water partition coefficient (Wildman–Crippen LogP) is 2.58. The summed E-state index contributed by atoms with van der Waals surface area (Å²) in [6.07, 6.45) is 6.07. The third-order valence-electron chi connectivity index (χ3n) is 3.80. The number of halogens is 1. The molecule has 6 nitrogen and oxygen atoms in total. The first kappa shape index (κ1) is 12.7. The van der Waals surface area contributed by atoms with E-state index >= 15 is 0 Å². The Kier molecular flexibility index (Phi) is 3.08. The Bertz CT molecular complexity index is 640. The van der Waals surface area contributed by atoms with Crippen molar-refractivity contribution in [2.75, 3.05) is 0 Å². The van der Waals surface area contributed by atoms with Crippen molar-refractivity contribution in [3.8, 4) is 0 Å². The number of carbonyl (C=O) groups is 1. The molecule has 19 heavy (non-hydrogen) atoms. The van der Waals surface area contributed by atoms with Gasteiger partial charge >= 0.3 is 5.97 Å². The molecule has 0 amide bonds. The van der Waals surface area contributed by atoms with E-state index in [1.807, 2.05) is 11.6 Å². The Hall–Kier alpha value is -1.37. The molecule has 0 atom stereocenters. The van der Waals surface area contributed by atoms with Crippen molar-refractivity contribution < 1.29 is 9.90 Å². The lowest BCUT2D eigenvalue weighted by Gasteiger charge is -2.20. The first-order valence-corrected chi connectivity index (χ1v) is 7.23. The maximum absolute atomic E-state index is 11.0. The summed E-state index contributed by atoms with van der Waals surface area (Å²) in [7, 11) is 1.90. The highest BCUT2D eigenvalue weighted by Crippen LogP contribution is 2.32. The minimum absolute atomic E-state index is 0.00768. The van der Waals surface area contributed by atoms with Gasteiger partial charge in [-0.15, -0.1) is 0 Å². The van der Waals surface area contributed by atoms with E-state index in [0.717, 1.165) is 18.7 Å². The Morgan fingerprint density at radius 3 is 2.63 bits per heavy atom. The van der Waals surface area contributed by atoms with E-state index in [4.69, 9.17) is 5.11 Å². The second-order valence-electron chi connectivity index (χ2n) is 5.02. The first-order valence-electron chi connectivity index (χ1n) is 6.43. The fourth-order valence-electron chi connectivity index (χ4n) is 2.81. The van der Waals surface area contributed by atoms with Crippen LogP contribution in [-0.4, -0.2) is 30.2 Å².